The summed E-state index contributed by atoms with van der Waals surface area (Å²) in [4.78, 5) is 0. The molecule has 66 valence electrons. The fraction of sp³-hybridized carbons (Fsp3) is 1.00. The minimum absolute atomic E-state index is 0.316. The first kappa shape index (κ1) is 8.88. The lowest BCUT2D eigenvalue weighted by Gasteiger charge is -2.35. The zero-order valence-corrected chi connectivity index (χ0v) is 6.67. The van der Waals surface area contributed by atoms with E-state index in [0.29, 0.717) is 12.8 Å². The molecule has 0 amide bonds. The van der Waals surface area contributed by atoms with Crippen molar-refractivity contribution in [3.63, 3.8) is 0 Å². The van der Waals surface area contributed by atoms with Gasteiger partial charge in [-0.1, -0.05) is 26.2 Å². The Morgan fingerprint density at radius 3 is 1.73 bits per heavy atom. The SMILES string of the molecule is CC1(C(F)(F)F)CCCCC1. The van der Waals surface area contributed by atoms with E-state index in [1.165, 1.54) is 6.92 Å². The monoisotopic (exact) mass is 166 g/mol. The molecule has 1 aliphatic rings. The smallest absolute Gasteiger partial charge is 0.171 e. The van der Waals surface area contributed by atoms with Gasteiger partial charge in [0.1, 0.15) is 0 Å². The molecule has 0 aromatic rings. The molecule has 1 aliphatic carbocycles. The molecule has 0 unspecified atom stereocenters. The van der Waals surface area contributed by atoms with E-state index in [1.54, 1.807) is 0 Å². The quantitative estimate of drug-likeness (QED) is 0.516. The van der Waals surface area contributed by atoms with Crippen molar-refractivity contribution < 1.29 is 13.2 Å². The molecule has 11 heavy (non-hydrogen) atoms. The Balaban J connectivity index is 2.64. The number of hydrogen-bond acceptors (Lipinski definition) is 0. The van der Waals surface area contributed by atoms with Crippen LogP contribution in [-0.2, 0) is 0 Å². The van der Waals surface area contributed by atoms with Crippen LogP contribution in [0.25, 0.3) is 0 Å². The first-order chi connectivity index (χ1) is 4.96. The molecule has 0 spiro atoms. The highest BCUT2D eigenvalue weighted by Crippen LogP contribution is 2.48. The molecule has 1 saturated carbocycles. The summed E-state index contributed by atoms with van der Waals surface area (Å²) in [5.41, 5.74) is -1.38. The van der Waals surface area contributed by atoms with E-state index in [1.807, 2.05) is 0 Å². The lowest BCUT2D eigenvalue weighted by Crippen LogP contribution is -2.36. The summed E-state index contributed by atoms with van der Waals surface area (Å²) in [6.07, 6.45) is -0.932. The van der Waals surface area contributed by atoms with Crippen LogP contribution >= 0.6 is 0 Å². The van der Waals surface area contributed by atoms with E-state index >= 15 is 0 Å². The van der Waals surface area contributed by atoms with Crippen LogP contribution in [0.4, 0.5) is 13.2 Å². The van der Waals surface area contributed by atoms with Crippen LogP contribution in [-0.4, -0.2) is 6.18 Å². The Morgan fingerprint density at radius 1 is 1.00 bits per heavy atom. The van der Waals surface area contributed by atoms with Gasteiger partial charge in [-0.25, -0.2) is 0 Å². The third-order valence-corrected chi connectivity index (χ3v) is 2.64. The summed E-state index contributed by atoms with van der Waals surface area (Å²) >= 11 is 0. The maximum Gasteiger partial charge on any atom is 0.394 e. The summed E-state index contributed by atoms with van der Waals surface area (Å²) in [7, 11) is 0. The molecule has 1 rings (SSSR count). The van der Waals surface area contributed by atoms with Crippen molar-refractivity contribution in [2.45, 2.75) is 45.2 Å². The van der Waals surface area contributed by atoms with Crippen molar-refractivity contribution in [3.05, 3.63) is 0 Å². The molecule has 0 aromatic heterocycles. The van der Waals surface area contributed by atoms with E-state index in [2.05, 4.69) is 0 Å². The van der Waals surface area contributed by atoms with Gasteiger partial charge in [0, 0.05) is 0 Å². The summed E-state index contributed by atoms with van der Waals surface area (Å²) in [5.74, 6) is 0. The fourth-order valence-corrected chi connectivity index (χ4v) is 1.62. The van der Waals surface area contributed by atoms with Crippen LogP contribution in [0, 0.1) is 5.41 Å². The molecular formula is C8H13F3. The van der Waals surface area contributed by atoms with Gasteiger partial charge in [0.05, 0.1) is 5.41 Å². The Morgan fingerprint density at radius 2 is 1.45 bits per heavy atom. The Bertz CT molecular complexity index is 131. The minimum atomic E-state index is -3.99. The third kappa shape index (κ3) is 1.68. The second-order valence-electron chi connectivity index (χ2n) is 3.62. The normalized spacial score (nSPS) is 25.1. The number of halogens is 3. The van der Waals surface area contributed by atoms with E-state index in [-0.39, 0.29) is 0 Å². The summed E-state index contributed by atoms with van der Waals surface area (Å²) in [6.45, 7) is 1.34. The zero-order valence-electron chi connectivity index (χ0n) is 6.67. The Labute approximate surface area is 64.8 Å². The molecule has 1 fully saturated rings. The van der Waals surface area contributed by atoms with Crippen molar-refractivity contribution in [1.82, 2.24) is 0 Å². The minimum Gasteiger partial charge on any atom is -0.171 e. The van der Waals surface area contributed by atoms with Crippen molar-refractivity contribution in [2.75, 3.05) is 0 Å². The largest absolute Gasteiger partial charge is 0.394 e. The van der Waals surface area contributed by atoms with Crippen LogP contribution in [0.3, 0.4) is 0 Å². The van der Waals surface area contributed by atoms with Gasteiger partial charge >= 0.3 is 6.18 Å². The van der Waals surface area contributed by atoms with Gasteiger partial charge in [0.2, 0.25) is 0 Å². The average molecular weight is 166 g/mol. The molecule has 0 aromatic carbocycles. The molecule has 0 nitrogen and oxygen atoms in total. The predicted molar refractivity (Wildman–Crippen MR) is 37.2 cm³/mol. The average Bonchev–Trinajstić information content (AvgIpc) is 1.87. The van der Waals surface area contributed by atoms with Crippen molar-refractivity contribution in [1.29, 1.82) is 0 Å². The maximum atomic E-state index is 12.3. The standard InChI is InChI=1S/C8H13F3/c1-7(8(9,10)11)5-3-2-4-6-7/h2-6H2,1H3. The predicted octanol–water partition coefficient (Wildman–Crippen LogP) is 3.52. The van der Waals surface area contributed by atoms with Gasteiger partial charge in [-0.05, 0) is 12.8 Å². The molecule has 0 heterocycles. The highest BCUT2D eigenvalue weighted by molar-refractivity contribution is 4.84. The first-order valence-electron chi connectivity index (χ1n) is 4.02. The maximum absolute atomic E-state index is 12.3. The Kier molecular flexibility index (Phi) is 2.17. The molecular weight excluding hydrogens is 153 g/mol. The van der Waals surface area contributed by atoms with Gasteiger partial charge in [-0.15, -0.1) is 0 Å². The summed E-state index contributed by atoms with van der Waals surface area (Å²) < 4.78 is 37.0. The molecule has 0 aliphatic heterocycles. The molecule has 0 radical (unpaired) electrons. The molecule has 0 N–H and O–H groups in total. The van der Waals surface area contributed by atoms with E-state index in [4.69, 9.17) is 0 Å². The lowest BCUT2D eigenvalue weighted by molar-refractivity contribution is -0.227. The number of alkyl halides is 3. The van der Waals surface area contributed by atoms with E-state index < -0.39 is 11.6 Å². The van der Waals surface area contributed by atoms with Crippen LogP contribution in [0.1, 0.15) is 39.0 Å². The van der Waals surface area contributed by atoms with Gasteiger partial charge < -0.3 is 0 Å². The summed E-state index contributed by atoms with van der Waals surface area (Å²) in [6, 6.07) is 0. The molecule has 0 bridgehead atoms. The third-order valence-electron chi connectivity index (χ3n) is 2.64. The number of rotatable bonds is 0. The van der Waals surface area contributed by atoms with Crippen LogP contribution in [0.2, 0.25) is 0 Å². The van der Waals surface area contributed by atoms with Crippen molar-refractivity contribution in [3.8, 4) is 0 Å². The highest BCUT2D eigenvalue weighted by Gasteiger charge is 2.50. The second kappa shape index (κ2) is 2.68. The summed E-state index contributed by atoms with van der Waals surface area (Å²) in [5, 5.41) is 0. The van der Waals surface area contributed by atoms with Crippen LogP contribution < -0.4 is 0 Å². The van der Waals surface area contributed by atoms with Crippen molar-refractivity contribution in [2.24, 2.45) is 5.41 Å². The molecule has 3 heteroatoms. The Hall–Kier alpha value is -0.210. The first-order valence-corrected chi connectivity index (χ1v) is 4.02. The van der Waals surface area contributed by atoms with Gasteiger partial charge in [-0.2, -0.15) is 13.2 Å². The van der Waals surface area contributed by atoms with E-state index in [0.717, 1.165) is 19.3 Å². The van der Waals surface area contributed by atoms with E-state index in [9.17, 15) is 13.2 Å². The molecule has 0 saturated heterocycles. The van der Waals surface area contributed by atoms with Crippen molar-refractivity contribution >= 4 is 0 Å². The topological polar surface area (TPSA) is 0 Å². The van der Waals surface area contributed by atoms with Gasteiger partial charge in [-0.3, -0.25) is 0 Å². The molecule has 0 atom stereocenters. The highest BCUT2D eigenvalue weighted by atomic mass is 19.4. The number of hydrogen-bond donors (Lipinski definition) is 0. The van der Waals surface area contributed by atoms with Crippen LogP contribution in [0.5, 0.6) is 0 Å². The van der Waals surface area contributed by atoms with Gasteiger partial charge in [0.25, 0.3) is 0 Å². The lowest BCUT2D eigenvalue weighted by atomic mass is 9.75. The second-order valence-corrected chi connectivity index (χ2v) is 3.62. The fourth-order valence-electron chi connectivity index (χ4n) is 1.62. The van der Waals surface area contributed by atoms with Crippen LogP contribution in [0.15, 0.2) is 0 Å². The van der Waals surface area contributed by atoms with Gasteiger partial charge in [0.15, 0.2) is 0 Å². The zero-order chi connectivity index (χ0) is 8.54.